The van der Waals surface area contributed by atoms with Crippen LogP contribution in [-0.2, 0) is 0 Å². The highest BCUT2D eigenvalue weighted by Crippen LogP contribution is 2.24. The maximum absolute atomic E-state index is 13.2. The Morgan fingerprint density at radius 2 is 2.11 bits per heavy atom. The lowest BCUT2D eigenvalue weighted by atomic mass is 10.1. The summed E-state index contributed by atoms with van der Waals surface area (Å²) in [6.07, 6.45) is 1.95. The highest BCUT2D eigenvalue weighted by Gasteiger charge is 2.19. The molecule has 1 heterocycles. The van der Waals surface area contributed by atoms with Gasteiger partial charge in [0.15, 0.2) is 0 Å². The van der Waals surface area contributed by atoms with E-state index in [4.69, 9.17) is 5.73 Å². The van der Waals surface area contributed by atoms with Gasteiger partial charge < -0.3 is 11.1 Å². The molecule has 98 valence electrons. The first-order valence-electron chi connectivity index (χ1n) is 5.71. The lowest BCUT2D eigenvalue weighted by Gasteiger charge is -2.22. The lowest BCUT2D eigenvalue weighted by molar-refractivity contribution is 0.0934. The molecule has 18 heavy (non-hydrogen) atoms. The van der Waals surface area contributed by atoms with Gasteiger partial charge in [-0.15, -0.1) is 0 Å². The van der Waals surface area contributed by atoms with Gasteiger partial charge in [-0.3, -0.25) is 4.79 Å². The molecule has 0 aromatic heterocycles. The van der Waals surface area contributed by atoms with Gasteiger partial charge >= 0.3 is 0 Å². The molecule has 0 saturated carbocycles. The summed E-state index contributed by atoms with van der Waals surface area (Å²) in [4.78, 5) is 12.1. The van der Waals surface area contributed by atoms with E-state index in [1.54, 1.807) is 0 Å². The molecule has 0 bridgehead atoms. The lowest BCUT2D eigenvalue weighted by Crippen LogP contribution is -2.37. The number of amides is 1. The fraction of sp³-hybridized carbons (Fsp3) is 0.417. The Bertz CT molecular complexity index is 464. The van der Waals surface area contributed by atoms with Crippen molar-refractivity contribution < 1.29 is 9.18 Å². The molecule has 1 fully saturated rings. The summed E-state index contributed by atoms with van der Waals surface area (Å²) in [5.74, 6) is 1.41. The zero-order valence-corrected chi connectivity index (χ0v) is 12.1. The minimum absolute atomic E-state index is 0.0115. The van der Waals surface area contributed by atoms with Gasteiger partial charge in [-0.1, -0.05) is 0 Å². The Kier molecular flexibility index (Phi) is 4.50. The quantitative estimate of drug-likeness (QED) is 0.819. The Morgan fingerprint density at radius 3 is 2.78 bits per heavy atom. The standard InChI is InChI=1S/C12H14BrFN2OS/c13-9-6-10(14)11(15)5-8(9)12(17)16-7-1-3-18-4-2-7/h5-7H,1-4,15H2,(H,16,17). The first-order chi connectivity index (χ1) is 8.58. The second-order valence-electron chi connectivity index (χ2n) is 4.21. The van der Waals surface area contributed by atoms with Crippen molar-refractivity contribution in [2.24, 2.45) is 0 Å². The Balaban J connectivity index is 2.10. The SMILES string of the molecule is Nc1cc(C(=O)NC2CCSCC2)c(Br)cc1F. The largest absolute Gasteiger partial charge is 0.396 e. The van der Waals surface area contributed by atoms with Crippen molar-refractivity contribution in [2.75, 3.05) is 17.2 Å². The van der Waals surface area contributed by atoms with Crippen LogP contribution in [-0.4, -0.2) is 23.5 Å². The number of carbonyl (C=O) groups excluding carboxylic acids is 1. The molecule has 0 aliphatic carbocycles. The first kappa shape index (κ1) is 13.7. The predicted molar refractivity (Wildman–Crippen MR) is 76.3 cm³/mol. The number of hydrogen-bond donors (Lipinski definition) is 2. The average molecular weight is 333 g/mol. The number of thioether (sulfide) groups is 1. The molecule has 6 heteroatoms. The number of hydrogen-bond acceptors (Lipinski definition) is 3. The minimum Gasteiger partial charge on any atom is -0.396 e. The van der Waals surface area contributed by atoms with Crippen molar-refractivity contribution in [3.8, 4) is 0 Å². The fourth-order valence-electron chi connectivity index (χ4n) is 1.84. The fourth-order valence-corrected chi connectivity index (χ4v) is 3.45. The summed E-state index contributed by atoms with van der Waals surface area (Å²) in [6, 6.07) is 2.80. The van der Waals surface area contributed by atoms with Crippen molar-refractivity contribution in [1.82, 2.24) is 5.32 Å². The maximum atomic E-state index is 13.2. The summed E-state index contributed by atoms with van der Waals surface area (Å²) in [5, 5.41) is 2.96. The molecule has 1 aliphatic rings. The van der Waals surface area contributed by atoms with E-state index >= 15 is 0 Å². The van der Waals surface area contributed by atoms with Crippen molar-refractivity contribution in [1.29, 1.82) is 0 Å². The van der Waals surface area contributed by atoms with Crippen molar-refractivity contribution in [3.05, 3.63) is 28.0 Å². The third-order valence-corrected chi connectivity index (χ3v) is 4.59. The number of benzene rings is 1. The number of carbonyl (C=O) groups is 1. The molecule has 3 nitrogen and oxygen atoms in total. The van der Waals surface area contributed by atoms with E-state index in [1.165, 1.54) is 12.1 Å². The van der Waals surface area contributed by atoms with Crippen molar-refractivity contribution in [2.45, 2.75) is 18.9 Å². The molecule has 2 rings (SSSR count). The molecule has 3 N–H and O–H groups in total. The zero-order chi connectivity index (χ0) is 13.1. The summed E-state index contributed by atoms with van der Waals surface area (Å²) in [6.45, 7) is 0. The van der Waals surface area contributed by atoms with E-state index in [0.29, 0.717) is 10.0 Å². The Labute approximate surface area is 118 Å². The molecule has 0 radical (unpaired) electrons. The van der Waals surface area contributed by atoms with Crippen LogP contribution in [0.1, 0.15) is 23.2 Å². The molecular weight excluding hydrogens is 319 g/mol. The van der Waals surface area contributed by atoms with Gasteiger partial charge in [0.25, 0.3) is 5.91 Å². The van der Waals surface area contributed by atoms with Crippen LogP contribution < -0.4 is 11.1 Å². The summed E-state index contributed by atoms with van der Waals surface area (Å²) >= 11 is 5.09. The Hall–Kier alpha value is -0.750. The van der Waals surface area contributed by atoms with Gasteiger partial charge in [-0.25, -0.2) is 4.39 Å². The first-order valence-corrected chi connectivity index (χ1v) is 7.66. The van der Waals surface area contributed by atoms with Crippen LogP contribution in [0.3, 0.4) is 0 Å². The molecule has 0 atom stereocenters. The van der Waals surface area contributed by atoms with E-state index in [1.807, 2.05) is 11.8 Å². The number of nitrogens with one attached hydrogen (secondary N) is 1. The number of halogens is 2. The van der Waals surface area contributed by atoms with Crippen LogP contribution >= 0.6 is 27.7 Å². The monoisotopic (exact) mass is 332 g/mol. The summed E-state index contributed by atoms with van der Waals surface area (Å²) in [7, 11) is 0. The van der Waals surface area contributed by atoms with Gasteiger partial charge in [0.2, 0.25) is 0 Å². The number of anilines is 1. The molecule has 1 aromatic rings. The van der Waals surface area contributed by atoms with E-state index in [0.717, 1.165) is 24.3 Å². The van der Waals surface area contributed by atoms with Gasteiger partial charge in [0, 0.05) is 10.5 Å². The van der Waals surface area contributed by atoms with Crippen LogP contribution in [0.2, 0.25) is 0 Å². The predicted octanol–water partition coefficient (Wildman–Crippen LogP) is 2.80. The molecular formula is C12H14BrFN2OS. The number of nitrogens with two attached hydrogens (primary N) is 1. The average Bonchev–Trinajstić information content (AvgIpc) is 2.35. The van der Waals surface area contributed by atoms with Crippen LogP contribution in [0, 0.1) is 5.82 Å². The molecule has 1 aromatic carbocycles. The van der Waals surface area contributed by atoms with Gasteiger partial charge in [0.1, 0.15) is 5.82 Å². The van der Waals surface area contributed by atoms with Crippen LogP contribution in [0.25, 0.3) is 0 Å². The Morgan fingerprint density at radius 1 is 1.44 bits per heavy atom. The van der Waals surface area contributed by atoms with E-state index in [2.05, 4.69) is 21.2 Å². The molecule has 0 unspecified atom stereocenters. The maximum Gasteiger partial charge on any atom is 0.252 e. The molecule has 1 aliphatic heterocycles. The normalized spacial score (nSPS) is 16.6. The number of rotatable bonds is 2. The smallest absolute Gasteiger partial charge is 0.252 e. The van der Waals surface area contributed by atoms with Gasteiger partial charge in [-0.05, 0) is 52.4 Å². The second-order valence-corrected chi connectivity index (χ2v) is 6.29. The summed E-state index contributed by atoms with van der Waals surface area (Å²) in [5.41, 5.74) is 5.85. The number of nitrogen functional groups attached to an aromatic ring is 1. The van der Waals surface area contributed by atoms with Crippen LogP contribution in [0.4, 0.5) is 10.1 Å². The van der Waals surface area contributed by atoms with Gasteiger partial charge in [-0.2, -0.15) is 11.8 Å². The molecule has 1 amide bonds. The highest BCUT2D eigenvalue weighted by atomic mass is 79.9. The van der Waals surface area contributed by atoms with Gasteiger partial charge in [0.05, 0.1) is 11.3 Å². The molecule has 1 saturated heterocycles. The summed E-state index contributed by atoms with van der Waals surface area (Å²) < 4.78 is 13.6. The van der Waals surface area contributed by atoms with Crippen molar-refractivity contribution >= 4 is 39.3 Å². The van der Waals surface area contributed by atoms with Crippen LogP contribution in [0.5, 0.6) is 0 Å². The third-order valence-electron chi connectivity index (χ3n) is 2.89. The highest BCUT2D eigenvalue weighted by molar-refractivity contribution is 9.10. The van der Waals surface area contributed by atoms with Crippen molar-refractivity contribution in [3.63, 3.8) is 0 Å². The van der Waals surface area contributed by atoms with E-state index in [-0.39, 0.29) is 17.6 Å². The topological polar surface area (TPSA) is 55.1 Å². The third kappa shape index (κ3) is 3.17. The van der Waals surface area contributed by atoms with Crippen LogP contribution in [0.15, 0.2) is 16.6 Å². The van der Waals surface area contributed by atoms with E-state index < -0.39 is 5.82 Å². The second kappa shape index (κ2) is 5.93. The minimum atomic E-state index is -0.521. The molecule has 0 spiro atoms. The van der Waals surface area contributed by atoms with E-state index in [9.17, 15) is 9.18 Å². The zero-order valence-electron chi connectivity index (χ0n) is 9.71.